The van der Waals surface area contributed by atoms with E-state index >= 15 is 0 Å². The molecular weight excluding hydrogens is 278 g/mol. The second kappa shape index (κ2) is 5.78. The van der Waals surface area contributed by atoms with Crippen molar-refractivity contribution in [1.29, 1.82) is 0 Å². The second-order valence-corrected chi connectivity index (χ2v) is 5.71. The van der Waals surface area contributed by atoms with Crippen LogP contribution < -0.4 is 0 Å². The Labute approximate surface area is 121 Å². The van der Waals surface area contributed by atoms with Gasteiger partial charge in [0.15, 0.2) is 0 Å². The molecule has 2 heterocycles. The van der Waals surface area contributed by atoms with E-state index in [1.165, 1.54) is 11.8 Å². The number of aromatic nitrogens is 2. The van der Waals surface area contributed by atoms with Crippen molar-refractivity contribution >= 4 is 23.6 Å². The number of thioether (sulfide) groups is 1. The van der Waals surface area contributed by atoms with E-state index in [4.69, 9.17) is 5.11 Å². The van der Waals surface area contributed by atoms with E-state index in [9.17, 15) is 9.59 Å². The fourth-order valence-electron chi connectivity index (χ4n) is 2.35. The molecule has 6 nitrogen and oxygen atoms in total. The van der Waals surface area contributed by atoms with E-state index in [1.54, 1.807) is 18.7 Å². The summed E-state index contributed by atoms with van der Waals surface area (Å²) in [6.45, 7) is 4.59. The fourth-order valence-corrected chi connectivity index (χ4v) is 3.01. The Bertz CT molecular complexity index is 556. The smallest absolute Gasteiger partial charge is 0.303 e. The highest BCUT2D eigenvalue weighted by Crippen LogP contribution is 2.26. The average Bonchev–Trinajstić information content (AvgIpc) is 2.31. The van der Waals surface area contributed by atoms with Crippen LogP contribution in [0.2, 0.25) is 0 Å². The Morgan fingerprint density at radius 2 is 2.00 bits per heavy atom. The number of carbonyl (C=O) groups is 2. The van der Waals surface area contributed by atoms with Crippen molar-refractivity contribution in [2.45, 2.75) is 25.3 Å². The minimum absolute atomic E-state index is 0.0563. The zero-order valence-corrected chi connectivity index (χ0v) is 12.5. The Morgan fingerprint density at radius 3 is 2.55 bits per heavy atom. The predicted octanol–water partition coefficient (Wildman–Crippen LogP) is 1.36. The lowest BCUT2D eigenvalue weighted by molar-refractivity contribution is -0.139. The lowest BCUT2D eigenvalue weighted by atomic mass is 9.95. The van der Waals surface area contributed by atoms with Crippen LogP contribution in [0.4, 0.5) is 0 Å². The van der Waals surface area contributed by atoms with E-state index in [-0.39, 0.29) is 18.2 Å². The third-order valence-electron chi connectivity index (χ3n) is 3.28. The molecule has 2 rings (SSSR count). The van der Waals surface area contributed by atoms with Gasteiger partial charge >= 0.3 is 5.97 Å². The molecule has 0 bridgehead atoms. The number of carbonyl (C=O) groups excluding carboxylic acids is 1. The molecule has 0 aliphatic carbocycles. The molecule has 1 saturated heterocycles. The van der Waals surface area contributed by atoms with Crippen LogP contribution in [-0.2, 0) is 4.79 Å². The molecule has 108 valence electrons. The summed E-state index contributed by atoms with van der Waals surface area (Å²) in [5.41, 5.74) is 1.21. The summed E-state index contributed by atoms with van der Waals surface area (Å²) in [4.78, 5) is 33.3. The highest BCUT2D eigenvalue weighted by molar-refractivity contribution is 7.98. The van der Waals surface area contributed by atoms with Crippen LogP contribution in [0.1, 0.15) is 28.3 Å². The summed E-state index contributed by atoms with van der Waals surface area (Å²) in [6.07, 6.45) is 1.99. The van der Waals surface area contributed by atoms with Gasteiger partial charge in [0.1, 0.15) is 10.9 Å². The second-order valence-electron chi connectivity index (χ2n) is 4.91. The summed E-state index contributed by atoms with van der Waals surface area (Å²) in [5.74, 6) is -0.216. The molecule has 1 aromatic heterocycles. The first-order chi connectivity index (χ1) is 9.42. The largest absolute Gasteiger partial charge is 0.481 e. The van der Waals surface area contributed by atoms with Crippen molar-refractivity contribution in [1.82, 2.24) is 14.9 Å². The zero-order chi connectivity index (χ0) is 14.9. The van der Waals surface area contributed by atoms with E-state index in [1.807, 2.05) is 6.26 Å². The van der Waals surface area contributed by atoms with Gasteiger partial charge in [-0.25, -0.2) is 9.97 Å². The van der Waals surface area contributed by atoms with E-state index < -0.39 is 5.97 Å². The van der Waals surface area contributed by atoms with Gasteiger partial charge in [-0.05, 0) is 20.1 Å². The summed E-state index contributed by atoms with van der Waals surface area (Å²) < 4.78 is 0. The maximum Gasteiger partial charge on any atom is 0.303 e. The fraction of sp³-hybridized carbons (Fsp3) is 0.538. The molecule has 1 aliphatic rings. The average molecular weight is 295 g/mol. The molecule has 0 saturated carbocycles. The lowest BCUT2D eigenvalue weighted by Gasteiger charge is -2.38. The van der Waals surface area contributed by atoms with Crippen LogP contribution in [0.3, 0.4) is 0 Å². The monoisotopic (exact) mass is 295 g/mol. The number of hydrogen-bond donors (Lipinski definition) is 1. The van der Waals surface area contributed by atoms with Gasteiger partial charge in [-0.1, -0.05) is 0 Å². The van der Waals surface area contributed by atoms with Crippen molar-refractivity contribution in [2.75, 3.05) is 19.3 Å². The molecule has 7 heteroatoms. The Balaban J connectivity index is 2.13. The summed E-state index contributed by atoms with van der Waals surface area (Å²) >= 11 is 1.42. The number of nitrogens with zero attached hydrogens (tertiary/aromatic N) is 3. The molecule has 1 aromatic rings. The molecule has 1 N–H and O–H groups in total. The molecule has 1 aliphatic heterocycles. The number of aryl methyl sites for hydroxylation is 2. The molecule has 0 spiro atoms. The molecular formula is C13H17N3O3S. The van der Waals surface area contributed by atoms with Gasteiger partial charge < -0.3 is 10.0 Å². The topological polar surface area (TPSA) is 83.4 Å². The van der Waals surface area contributed by atoms with Crippen LogP contribution in [0, 0.1) is 19.8 Å². The minimum Gasteiger partial charge on any atom is -0.481 e. The van der Waals surface area contributed by atoms with Gasteiger partial charge in [0.25, 0.3) is 5.91 Å². The Hall–Kier alpha value is -1.63. The van der Waals surface area contributed by atoms with Crippen molar-refractivity contribution < 1.29 is 14.7 Å². The molecule has 0 atom stereocenters. The molecule has 1 amide bonds. The molecule has 20 heavy (non-hydrogen) atoms. The number of carboxylic acid groups (broad SMARTS) is 1. The van der Waals surface area contributed by atoms with Gasteiger partial charge in [0.05, 0.1) is 17.7 Å². The molecule has 0 radical (unpaired) electrons. The third-order valence-corrected chi connectivity index (χ3v) is 3.97. The van der Waals surface area contributed by atoms with Crippen LogP contribution in [0.15, 0.2) is 5.03 Å². The third kappa shape index (κ3) is 2.92. The maximum atomic E-state index is 12.5. The van der Waals surface area contributed by atoms with Gasteiger partial charge in [-0.15, -0.1) is 11.8 Å². The standard InChI is InChI=1S/C13H17N3O3S/c1-7-11(12(20-3)15-8(2)14-7)13(19)16-5-9(6-16)4-10(17)18/h9H,4-6H2,1-3H3,(H,17,18). The van der Waals surface area contributed by atoms with E-state index in [2.05, 4.69) is 9.97 Å². The highest BCUT2D eigenvalue weighted by atomic mass is 32.2. The zero-order valence-electron chi connectivity index (χ0n) is 11.7. The summed E-state index contributed by atoms with van der Waals surface area (Å²) in [5, 5.41) is 9.40. The number of hydrogen-bond acceptors (Lipinski definition) is 5. The van der Waals surface area contributed by atoms with Crippen LogP contribution in [-0.4, -0.2) is 51.2 Å². The highest BCUT2D eigenvalue weighted by Gasteiger charge is 2.34. The number of carboxylic acids is 1. The first-order valence-electron chi connectivity index (χ1n) is 6.32. The number of aliphatic carboxylic acids is 1. The quantitative estimate of drug-likeness (QED) is 0.667. The summed E-state index contributed by atoms with van der Waals surface area (Å²) in [7, 11) is 0. The maximum absolute atomic E-state index is 12.5. The first-order valence-corrected chi connectivity index (χ1v) is 7.55. The van der Waals surface area contributed by atoms with Gasteiger partial charge in [0.2, 0.25) is 0 Å². The Kier molecular flexibility index (Phi) is 4.27. The van der Waals surface area contributed by atoms with E-state index in [0.29, 0.717) is 35.2 Å². The van der Waals surface area contributed by atoms with Crippen molar-refractivity contribution in [2.24, 2.45) is 5.92 Å². The van der Waals surface area contributed by atoms with Crippen LogP contribution in [0.25, 0.3) is 0 Å². The molecule has 0 aromatic carbocycles. The van der Waals surface area contributed by atoms with Crippen molar-refractivity contribution in [3.8, 4) is 0 Å². The lowest BCUT2D eigenvalue weighted by Crippen LogP contribution is -2.51. The predicted molar refractivity (Wildman–Crippen MR) is 74.9 cm³/mol. The number of likely N-dealkylation sites (tertiary alicyclic amines) is 1. The van der Waals surface area contributed by atoms with Crippen molar-refractivity contribution in [3.05, 3.63) is 17.1 Å². The molecule has 0 unspecified atom stereocenters. The normalized spacial score (nSPS) is 15.1. The van der Waals surface area contributed by atoms with Crippen LogP contribution in [0.5, 0.6) is 0 Å². The van der Waals surface area contributed by atoms with Gasteiger partial charge in [-0.2, -0.15) is 0 Å². The van der Waals surface area contributed by atoms with Crippen molar-refractivity contribution in [3.63, 3.8) is 0 Å². The first kappa shape index (κ1) is 14.8. The van der Waals surface area contributed by atoms with Gasteiger partial charge in [-0.3, -0.25) is 9.59 Å². The van der Waals surface area contributed by atoms with E-state index in [0.717, 1.165) is 0 Å². The Morgan fingerprint density at radius 1 is 1.35 bits per heavy atom. The molecule has 1 fully saturated rings. The summed E-state index contributed by atoms with van der Waals surface area (Å²) in [6, 6.07) is 0. The number of amides is 1. The minimum atomic E-state index is -0.818. The number of rotatable bonds is 4. The van der Waals surface area contributed by atoms with Gasteiger partial charge in [0, 0.05) is 19.0 Å². The SMILES string of the molecule is CSc1nc(C)nc(C)c1C(=O)N1CC(CC(=O)O)C1. The van der Waals surface area contributed by atoms with Crippen LogP contribution >= 0.6 is 11.8 Å².